The maximum Gasteiger partial charge on any atom is 0.263 e. The van der Waals surface area contributed by atoms with Gasteiger partial charge in [-0.05, 0) is 43.2 Å². The molecule has 1 fully saturated rings. The molecule has 3 rings (SSSR count). The quantitative estimate of drug-likeness (QED) is 0.880. The average Bonchev–Trinajstić information content (AvgIpc) is 2.49. The number of ether oxygens (including phenoxy) is 1. The zero-order chi connectivity index (χ0) is 14.8. The van der Waals surface area contributed by atoms with Crippen molar-refractivity contribution in [2.75, 3.05) is 11.9 Å². The van der Waals surface area contributed by atoms with Crippen LogP contribution < -0.4 is 15.4 Å². The van der Waals surface area contributed by atoms with Crippen molar-refractivity contribution >= 4 is 11.6 Å². The number of hydrogen-bond donors (Lipinski definition) is 2. The monoisotopic (exact) mass is 288 g/mol. The second-order valence-corrected chi connectivity index (χ2v) is 6.49. The number of nitrogens with one attached hydrogen (secondary N) is 2. The van der Waals surface area contributed by atoms with Crippen molar-refractivity contribution in [3.05, 3.63) is 24.3 Å². The van der Waals surface area contributed by atoms with E-state index in [1.165, 1.54) is 12.8 Å². The first-order valence-electron chi connectivity index (χ1n) is 7.93. The fourth-order valence-corrected chi connectivity index (χ4v) is 3.41. The Bertz CT molecular complexity index is 517. The summed E-state index contributed by atoms with van der Waals surface area (Å²) in [5.74, 6) is 2.08. The molecule has 2 aliphatic rings. The zero-order valence-electron chi connectivity index (χ0n) is 12.8. The van der Waals surface area contributed by atoms with Crippen LogP contribution in [0.1, 0.15) is 33.1 Å². The van der Waals surface area contributed by atoms with E-state index in [1.54, 1.807) is 0 Å². The Morgan fingerprint density at radius 1 is 1.29 bits per heavy atom. The van der Waals surface area contributed by atoms with Crippen molar-refractivity contribution in [3.8, 4) is 5.75 Å². The lowest BCUT2D eigenvalue weighted by atomic mass is 9.80. The third-order valence-corrected chi connectivity index (χ3v) is 4.69. The van der Waals surface area contributed by atoms with Crippen molar-refractivity contribution in [2.45, 2.75) is 45.3 Å². The van der Waals surface area contributed by atoms with Crippen LogP contribution in [0.3, 0.4) is 0 Å². The normalized spacial score (nSPS) is 31.5. The second kappa shape index (κ2) is 5.96. The van der Waals surface area contributed by atoms with Crippen LogP contribution in [0.25, 0.3) is 0 Å². The van der Waals surface area contributed by atoms with Crippen LogP contribution in [-0.2, 0) is 4.79 Å². The van der Waals surface area contributed by atoms with Crippen LogP contribution in [-0.4, -0.2) is 24.6 Å². The summed E-state index contributed by atoms with van der Waals surface area (Å²) in [5.41, 5.74) is 0.960. The van der Waals surface area contributed by atoms with Crippen LogP contribution in [0, 0.1) is 11.8 Å². The first kappa shape index (κ1) is 14.2. The molecule has 4 heteroatoms. The van der Waals surface area contributed by atoms with Crippen LogP contribution >= 0.6 is 0 Å². The van der Waals surface area contributed by atoms with Gasteiger partial charge in [-0.25, -0.2) is 0 Å². The van der Waals surface area contributed by atoms with Gasteiger partial charge >= 0.3 is 0 Å². The summed E-state index contributed by atoms with van der Waals surface area (Å²) < 4.78 is 5.82. The van der Waals surface area contributed by atoms with Gasteiger partial charge in [0.2, 0.25) is 0 Å². The molecule has 1 heterocycles. The molecule has 0 aromatic heterocycles. The molecule has 4 unspecified atom stereocenters. The standard InChI is InChI=1S/C17H24N2O2/c1-11-7-8-13(12(2)9-11)19-17(20)16-10-18-14-5-3-4-6-15(14)21-16/h3-6,11-13,16,18H,7-10H2,1-2H3,(H,19,20). The van der Waals surface area contributed by atoms with Gasteiger partial charge in [0.1, 0.15) is 5.75 Å². The van der Waals surface area contributed by atoms with Crippen LogP contribution in [0.2, 0.25) is 0 Å². The molecule has 1 aliphatic carbocycles. The number of carbonyl (C=O) groups is 1. The number of benzene rings is 1. The molecule has 21 heavy (non-hydrogen) atoms. The van der Waals surface area contributed by atoms with Crippen LogP contribution in [0.5, 0.6) is 5.75 Å². The summed E-state index contributed by atoms with van der Waals surface area (Å²) in [6.45, 7) is 5.05. The van der Waals surface area contributed by atoms with Crippen molar-refractivity contribution < 1.29 is 9.53 Å². The Morgan fingerprint density at radius 3 is 2.90 bits per heavy atom. The van der Waals surface area contributed by atoms with Crippen molar-refractivity contribution in [3.63, 3.8) is 0 Å². The fraction of sp³-hybridized carbons (Fsp3) is 0.588. The number of fused-ring (bicyclic) bond motifs is 1. The third kappa shape index (κ3) is 3.14. The lowest BCUT2D eigenvalue weighted by Gasteiger charge is -2.35. The SMILES string of the molecule is CC1CCC(NC(=O)C2CNc3ccccc3O2)C(C)C1. The summed E-state index contributed by atoms with van der Waals surface area (Å²) >= 11 is 0. The van der Waals surface area contributed by atoms with E-state index in [2.05, 4.69) is 24.5 Å². The molecule has 1 amide bonds. The summed E-state index contributed by atoms with van der Waals surface area (Å²) in [5, 5.41) is 6.45. The highest BCUT2D eigenvalue weighted by atomic mass is 16.5. The molecule has 1 aliphatic heterocycles. The highest BCUT2D eigenvalue weighted by molar-refractivity contribution is 5.83. The molecule has 0 radical (unpaired) electrons. The van der Waals surface area contributed by atoms with Crippen molar-refractivity contribution in [2.24, 2.45) is 11.8 Å². The number of carbonyl (C=O) groups excluding carboxylic acids is 1. The second-order valence-electron chi connectivity index (χ2n) is 6.49. The van der Waals surface area contributed by atoms with Gasteiger partial charge in [-0.1, -0.05) is 26.0 Å². The number of anilines is 1. The van der Waals surface area contributed by atoms with Crippen molar-refractivity contribution in [1.29, 1.82) is 0 Å². The predicted octanol–water partition coefficient (Wildman–Crippen LogP) is 2.80. The summed E-state index contributed by atoms with van der Waals surface area (Å²) in [7, 11) is 0. The average molecular weight is 288 g/mol. The van der Waals surface area contributed by atoms with Gasteiger partial charge in [-0.2, -0.15) is 0 Å². The van der Waals surface area contributed by atoms with E-state index in [-0.39, 0.29) is 11.9 Å². The van der Waals surface area contributed by atoms with Gasteiger partial charge in [0.05, 0.1) is 12.2 Å². The van der Waals surface area contributed by atoms with E-state index >= 15 is 0 Å². The maximum atomic E-state index is 12.4. The number of rotatable bonds is 2. The van der Waals surface area contributed by atoms with E-state index in [0.717, 1.165) is 23.8 Å². The first-order valence-corrected chi connectivity index (χ1v) is 7.93. The molecule has 114 valence electrons. The Labute approximate surface area is 126 Å². The third-order valence-electron chi connectivity index (χ3n) is 4.69. The number of para-hydroxylation sites is 2. The van der Waals surface area contributed by atoms with Gasteiger partial charge in [0.25, 0.3) is 5.91 Å². The summed E-state index contributed by atoms with van der Waals surface area (Å²) in [6.07, 6.45) is 3.02. The Hall–Kier alpha value is -1.71. The first-order chi connectivity index (χ1) is 10.1. The van der Waals surface area contributed by atoms with E-state index in [4.69, 9.17) is 4.74 Å². The molecule has 0 bridgehead atoms. The van der Waals surface area contributed by atoms with Gasteiger partial charge in [-0.3, -0.25) is 4.79 Å². The molecule has 4 atom stereocenters. The molecule has 2 N–H and O–H groups in total. The Balaban J connectivity index is 1.59. The molecule has 4 nitrogen and oxygen atoms in total. The Morgan fingerprint density at radius 2 is 2.10 bits per heavy atom. The molecule has 1 aromatic carbocycles. The van der Waals surface area contributed by atoms with E-state index in [9.17, 15) is 4.79 Å². The molecule has 0 spiro atoms. The van der Waals surface area contributed by atoms with Gasteiger partial charge in [0, 0.05) is 6.04 Å². The largest absolute Gasteiger partial charge is 0.477 e. The molecule has 1 aromatic rings. The highest BCUT2D eigenvalue weighted by Crippen LogP contribution is 2.30. The summed E-state index contributed by atoms with van der Waals surface area (Å²) in [6, 6.07) is 8.03. The van der Waals surface area contributed by atoms with Gasteiger partial charge < -0.3 is 15.4 Å². The minimum absolute atomic E-state index is 0.00315. The minimum Gasteiger partial charge on any atom is -0.477 e. The summed E-state index contributed by atoms with van der Waals surface area (Å²) in [4.78, 5) is 12.4. The fourth-order valence-electron chi connectivity index (χ4n) is 3.41. The molecular formula is C17H24N2O2. The number of amides is 1. The molecule has 0 saturated heterocycles. The van der Waals surface area contributed by atoms with Gasteiger partial charge in [0.15, 0.2) is 6.10 Å². The van der Waals surface area contributed by atoms with Crippen molar-refractivity contribution in [1.82, 2.24) is 5.32 Å². The van der Waals surface area contributed by atoms with Crippen LogP contribution in [0.15, 0.2) is 24.3 Å². The topological polar surface area (TPSA) is 50.4 Å². The predicted molar refractivity (Wildman–Crippen MR) is 83.5 cm³/mol. The lowest BCUT2D eigenvalue weighted by molar-refractivity contribution is -0.129. The van der Waals surface area contributed by atoms with E-state index in [1.807, 2.05) is 24.3 Å². The minimum atomic E-state index is -0.438. The highest BCUT2D eigenvalue weighted by Gasteiger charge is 2.31. The molecule has 1 saturated carbocycles. The van der Waals surface area contributed by atoms with Crippen LogP contribution in [0.4, 0.5) is 5.69 Å². The lowest BCUT2D eigenvalue weighted by Crippen LogP contribution is -2.50. The Kier molecular flexibility index (Phi) is 4.04. The molecular weight excluding hydrogens is 264 g/mol. The maximum absolute atomic E-state index is 12.4. The van der Waals surface area contributed by atoms with E-state index in [0.29, 0.717) is 12.5 Å². The van der Waals surface area contributed by atoms with Gasteiger partial charge in [-0.15, -0.1) is 0 Å². The number of hydrogen-bond acceptors (Lipinski definition) is 3. The smallest absolute Gasteiger partial charge is 0.263 e. The zero-order valence-corrected chi connectivity index (χ0v) is 12.8. The van der Waals surface area contributed by atoms with E-state index < -0.39 is 6.10 Å².